The van der Waals surface area contributed by atoms with Crippen molar-refractivity contribution in [2.24, 2.45) is 5.92 Å². The number of hydrogen-bond acceptors (Lipinski definition) is 5. The Kier molecular flexibility index (Phi) is 4.70. The van der Waals surface area contributed by atoms with Crippen LogP contribution in [0.25, 0.3) is 10.9 Å². The summed E-state index contributed by atoms with van der Waals surface area (Å²) in [7, 11) is 3.19. The molecule has 1 aromatic heterocycles. The lowest BCUT2D eigenvalue weighted by Gasteiger charge is -2.48. The highest BCUT2D eigenvalue weighted by atomic mass is 16.5. The second-order valence-electron chi connectivity index (χ2n) is 10.1. The first-order valence-corrected chi connectivity index (χ1v) is 12.5. The molecule has 4 aromatic rings. The van der Waals surface area contributed by atoms with Gasteiger partial charge >= 0.3 is 5.97 Å². The van der Waals surface area contributed by atoms with Gasteiger partial charge in [0.25, 0.3) is 0 Å². The third-order valence-corrected chi connectivity index (χ3v) is 8.40. The van der Waals surface area contributed by atoms with Crippen molar-refractivity contribution in [2.45, 2.75) is 30.5 Å². The number of methoxy groups -OCH3 is 2. The molecule has 4 atom stereocenters. The number of ether oxygens (including phenoxy) is 3. The number of hydrogen-bond donors (Lipinski definition) is 1. The van der Waals surface area contributed by atoms with Crippen molar-refractivity contribution >= 4 is 16.9 Å². The lowest BCUT2D eigenvalue weighted by Crippen LogP contribution is -2.57. The number of fused-ring (bicyclic) bond motifs is 8. The highest BCUT2D eigenvalue weighted by molar-refractivity contribution is 5.89. The summed E-state index contributed by atoms with van der Waals surface area (Å²) >= 11 is 0. The largest absolute Gasteiger partial charge is 0.497 e. The number of nitrogens with zero attached hydrogens (tertiary/aromatic N) is 1. The van der Waals surface area contributed by atoms with Gasteiger partial charge in [0.1, 0.15) is 17.0 Å². The first-order chi connectivity index (χ1) is 17.6. The molecule has 0 spiro atoms. The zero-order valence-electron chi connectivity index (χ0n) is 20.4. The van der Waals surface area contributed by atoms with E-state index in [1.165, 1.54) is 18.1 Å². The lowest BCUT2D eigenvalue weighted by atomic mass is 9.79. The van der Waals surface area contributed by atoms with E-state index < -0.39 is 5.54 Å². The molecule has 6 nitrogen and oxygen atoms in total. The molecule has 1 N–H and O–H groups in total. The van der Waals surface area contributed by atoms with Crippen LogP contribution in [0.4, 0.5) is 0 Å². The van der Waals surface area contributed by atoms with Gasteiger partial charge in [-0.2, -0.15) is 0 Å². The molecule has 6 heteroatoms. The summed E-state index contributed by atoms with van der Waals surface area (Å²) in [5, 5.41) is 1.17. The van der Waals surface area contributed by atoms with Crippen LogP contribution in [0, 0.1) is 5.92 Å². The Morgan fingerprint density at radius 3 is 2.61 bits per heavy atom. The number of aromatic amines is 1. The molecule has 36 heavy (non-hydrogen) atoms. The van der Waals surface area contributed by atoms with E-state index in [0.29, 0.717) is 19.4 Å². The van der Waals surface area contributed by atoms with Crippen LogP contribution in [0.2, 0.25) is 0 Å². The summed E-state index contributed by atoms with van der Waals surface area (Å²) in [5.74, 6) is 1.70. The average molecular weight is 481 g/mol. The SMILES string of the molecule is COC(=O)[C@]12Cc3c([nH]c4ccccc34)[C@@H](c3ccc(OC)cc3)N1[C@@H]1c3ccccc3OC[C@@H]1C2. The molecule has 1 saturated heterocycles. The summed E-state index contributed by atoms with van der Waals surface area (Å²) in [5.41, 5.74) is 4.88. The van der Waals surface area contributed by atoms with Gasteiger partial charge in [-0.15, -0.1) is 0 Å². The highest BCUT2D eigenvalue weighted by Gasteiger charge is 2.63. The molecule has 3 aliphatic rings. The maximum Gasteiger partial charge on any atom is 0.326 e. The maximum absolute atomic E-state index is 13.8. The Morgan fingerprint density at radius 1 is 1.03 bits per heavy atom. The van der Waals surface area contributed by atoms with Crippen LogP contribution in [-0.2, 0) is 16.0 Å². The molecule has 3 aromatic carbocycles. The van der Waals surface area contributed by atoms with E-state index in [1.54, 1.807) is 7.11 Å². The molecule has 0 radical (unpaired) electrons. The van der Waals surface area contributed by atoms with Crippen molar-refractivity contribution in [2.75, 3.05) is 20.8 Å². The Morgan fingerprint density at radius 2 is 1.81 bits per heavy atom. The van der Waals surface area contributed by atoms with E-state index in [1.807, 2.05) is 24.3 Å². The third kappa shape index (κ3) is 2.85. The van der Waals surface area contributed by atoms with Crippen molar-refractivity contribution < 1.29 is 19.0 Å². The van der Waals surface area contributed by atoms with Crippen LogP contribution in [0.5, 0.6) is 11.5 Å². The minimum Gasteiger partial charge on any atom is -0.497 e. The number of aromatic nitrogens is 1. The zero-order valence-corrected chi connectivity index (χ0v) is 20.4. The Labute approximate surface area is 209 Å². The average Bonchev–Trinajstić information content (AvgIpc) is 3.47. The molecule has 0 amide bonds. The Balaban J connectivity index is 1.52. The van der Waals surface area contributed by atoms with E-state index >= 15 is 0 Å². The van der Waals surface area contributed by atoms with Crippen LogP contribution in [0.1, 0.15) is 40.9 Å². The quantitative estimate of drug-likeness (QED) is 0.409. The maximum atomic E-state index is 13.8. The highest BCUT2D eigenvalue weighted by Crippen LogP contribution is 2.60. The molecule has 182 valence electrons. The van der Waals surface area contributed by atoms with Crippen LogP contribution in [0.3, 0.4) is 0 Å². The number of H-pyrrole nitrogens is 1. The Bertz CT molecular complexity index is 1480. The minimum atomic E-state index is -0.798. The van der Waals surface area contributed by atoms with Crippen molar-refractivity contribution in [3.8, 4) is 11.5 Å². The van der Waals surface area contributed by atoms with Gasteiger partial charge < -0.3 is 19.2 Å². The first-order valence-electron chi connectivity index (χ1n) is 12.5. The van der Waals surface area contributed by atoms with E-state index in [9.17, 15) is 4.79 Å². The van der Waals surface area contributed by atoms with Gasteiger partial charge in [-0.3, -0.25) is 9.69 Å². The van der Waals surface area contributed by atoms with Gasteiger partial charge in [-0.05, 0) is 41.8 Å². The number of benzene rings is 3. The minimum absolute atomic E-state index is 0.0284. The number of carbonyl (C=O) groups is 1. The summed E-state index contributed by atoms with van der Waals surface area (Å²) in [4.78, 5) is 20.0. The fourth-order valence-corrected chi connectivity index (χ4v) is 6.96. The van der Waals surface area contributed by atoms with Gasteiger partial charge in [0.2, 0.25) is 0 Å². The normalized spacial score (nSPS) is 26.3. The first kappa shape index (κ1) is 21.5. The van der Waals surface area contributed by atoms with Crippen molar-refractivity contribution in [1.29, 1.82) is 0 Å². The predicted octanol–water partition coefficient (Wildman–Crippen LogP) is 5.19. The van der Waals surface area contributed by atoms with Crippen LogP contribution >= 0.6 is 0 Å². The number of carbonyl (C=O) groups excluding carboxylic acids is 1. The van der Waals surface area contributed by atoms with Crippen LogP contribution in [-0.4, -0.2) is 42.2 Å². The fraction of sp³-hybridized carbons (Fsp3) is 0.300. The van der Waals surface area contributed by atoms with Gasteiger partial charge in [-0.25, -0.2) is 0 Å². The van der Waals surface area contributed by atoms with E-state index in [4.69, 9.17) is 14.2 Å². The van der Waals surface area contributed by atoms with Gasteiger partial charge in [0, 0.05) is 40.5 Å². The second kappa shape index (κ2) is 7.87. The summed E-state index contributed by atoms with van der Waals surface area (Å²) in [6, 6.07) is 24.7. The van der Waals surface area contributed by atoms with Gasteiger partial charge in [-0.1, -0.05) is 48.5 Å². The van der Waals surface area contributed by atoms with E-state index in [0.717, 1.165) is 33.8 Å². The molecular formula is C30H28N2O4. The summed E-state index contributed by atoms with van der Waals surface area (Å²) in [6.07, 6.45) is 1.28. The van der Waals surface area contributed by atoms with Gasteiger partial charge in [0.15, 0.2) is 0 Å². The standard InChI is InChI=1S/C30H28N2O4/c1-34-20-13-11-18(12-14-20)28-26-23(21-7-3-5-9-24(21)31-26)16-30(29(33)35-2)15-19-17-36-25-10-6-4-8-22(25)27(19)32(28)30/h3-14,19,27-28,31H,15-17H2,1-2H3/t19-,27-,28+,30-/m0/s1. The number of nitrogens with one attached hydrogen (secondary N) is 1. The van der Waals surface area contributed by atoms with Gasteiger partial charge in [0.05, 0.1) is 26.9 Å². The second-order valence-corrected chi connectivity index (χ2v) is 10.1. The Hall–Kier alpha value is -3.77. The molecule has 4 heterocycles. The molecule has 1 fully saturated rings. The molecular weight excluding hydrogens is 452 g/mol. The molecule has 3 aliphatic heterocycles. The topological polar surface area (TPSA) is 63.8 Å². The molecule has 0 saturated carbocycles. The fourth-order valence-electron chi connectivity index (χ4n) is 6.96. The number of esters is 1. The molecule has 7 rings (SSSR count). The third-order valence-electron chi connectivity index (χ3n) is 8.40. The van der Waals surface area contributed by atoms with Crippen molar-refractivity contribution in [3.05, 3.63) is 95.2 Å². The van der Waals surface area contributed by atoms with E-state index in [-0.39, 0.29) is 24.0 Å². The molecule has 0 unspecified atom stereocenters. The predicted molar refractivity (Wildman–Crippen MR) is 136 cm³/mol. The lowest BCUT2D eigenvalue weighted by molar-refractivity contribution is -0.156. The number of para-hydroxylation sites is 2. The van der Waals surface area contributed by atoms with Crippen LogP contribution < -0.4 is 9.47 Å². The summed E-state index contributed by atoms with van der Waals surface area (Å²) in [6.45, 7) is 0.584. The summed E-state index contributed by atoms with van der Waals surface area (Å²) < 4.78 is 17.2. The van der Waals surface area contributed by atoms with Crippen molar-refractivity contribution in [3.63, 3.8) is 0 Å². The van der Waals surface area contributed by atoms with E-state index in [2.05, 4.69) is 58.4 Å². The number of rotatable bonds is 3. The van der Waals surface area contributed by atoms with Crippen molar-refractivity contribution in [1.82, 2.24) is 9.88 Å². The molecule has 0 bridgehead atoms. The van der Waals surface area contributed by atoms with Crippen LogP contribution in [0.15, 0.2) is 72.8 Å². The molecule has 0 aliphatic carbocycles. The zero-order chi connectivity index (χ0) is 24.4. The smallest absolute Gasteiger partial charge is 0.326 e. The monoisotopic (exact) mass is 480 g/mol.